The van der Waals surface area contributed by atoms with Gasteiger partial charge in [0.1, 0.15) is 5.01 Å². The maximum absolute atomic E-state index is 4.20. The van der Waals surface area contributed by atoms with Crippen molar-refractivity contribution in [1.29, 1.82) is 0 Å². The first-order chi connectivity index (χ1) is 8.17. The SMILES string of the molecule is CCCCCN(Cc1nnc(NC)s1)C(C)C. The van der Waals surface area contributed by atoms with Gasteiger partial charge in [-0.3, -0.25) is 4.90 Å². The molecule has 1 N–H and O–H groups in total. The Labute approximate surface area is 108 Å². The molecule has 0 saturated heterocycles. The van der Waals surface area contributed by atoms with Gasteiger partial charge in [-0.2, -0.15) is 0 Å². The Kier molecular flexibility index (Phi) is 6.44. The third-order valence-corrected chi connectivity index (χ3v) is 3.72. The van der Waals surface area contributed by atoms with Crippen LogP contribution in [0.5, 0.6) is 0 Å². The Morgan fingerprint density at radius 3 is 2.59 bits per heavy atom. The molecular weight excluding hydrogens is 232 g/mol. The van der Waals surface area contributed by atoms with E-state index in [-0.39, 0.29) is 0 Å². The van der Waals surface area contributed by atoms with E-state index in [2.05, 4.69) is 41.2 Å². The number of unbranched alkanes of at least 4 members (excludes halogenated alkanes) is 2. The Morgan fingerprint density at radius 2 is 2.06 bits per heavy atom. The molecule has 0 atom stereocenters. The lowest BCUT2D eigenvalue weighted by Crippen LogP contribution is -2.31. The zero-order valence-electron chi connectivity index (χ0n) is 11.4. The monoisotopic (exact) mass is 256 g/mol. The van der Waals surface area contributed by atoms with Gasteiger partial charge < -0.3 is 5.32 Å². The predicted octanol–water partition coefficient (Wildman–Crippen LogP) is 2.98. The number of nitrogens with zero attached hydrogens (tertiary/aromatic N) is 3. The summed E-state index contributed by atoms with van der Waals surface area (Å²) in [6.07, 6.45) is 3.85. The third kappa shape index (κ3) is 5.00. The van der Waals surface area contributed by atoms with Gasteiger partial charge in [-0.25, -0.2) is 0 Å². The topological polar surface area (TPSA) is 41.1 Å². The number of rotatable bonds is 8. The van der Waals surface area contributed by atoms with E-state index in [0.29, 0.717) is 6.04 Å². The average molecular weight is 256 g/mol. The molecule has 1 heterocycles. The molecule has 0 unspecified atom stereocenters. The molecule has 0 amide bonds. The molecule has 5 heteroatoms. The Bertz CT molecular complexity index is 311. The number of hydrogen-bond acceptors (Lipinski definition) is 5. The minimum Gasteiger partial charge on any atom is -0.363 e. The summed E-state index contributed by atoms with van der Waals surface area (Å²) in [5.74, 6) is 0. The summed E-state index contributed by atoms with van der Waals surface area (Å²) < 4.78 is 0. The molecule has 0 aliphatic rings. The van der Waals surface area contributed by atoms with E-state index in [1.54, 1.807) is 11.3 Å². The molecule has 1 aromatic rings. The summed E-state index contributed by atoms with van der Waals surface area (Å²) in [5, 5.41) is 13.3. The van der Waals surface area contributed by atoms with Crippen LogP contribution in [0.1, 0.15) is 45.0 Å². The van der Waals surface area contributed by atoms with E-state index >= 15 is 0 Å². The molecule has 4 nitrogen and oxygen atoms in total. The molecule has 0 fully saturated rings. The van der Waals surface area contributed by atoms with Crippen molar-refractivity contribution in [1.82, 2.24) is 15.1 Å². The highest BCUT2D eigenvalue weighted by Gasteiger charge is 2.12. The lowest BCUT2D eigenvalue weighted by molar-refractivity contribution is 0.208. The van der Waals surface area contributed by atoms with Gasteiger partial charge in [0.05, 0.1) is 6.54 Å². The van der Waals surface area contributed by atoms with Gasteiger partial charge in [0, 0.05) is 13.1 Å². The highest BCUT2D eigenvalue weighted by atomic mass is 32.1. The predicted molar refractivity (Wildman–Crippen MR) is 74.5 cm³/mol. The van der Waals surface area contributed by atoms with Crippen LogP contribution in [0.25, 0.3) is 0 Å². The van der Waals surface area contributed by atoms with Crippen molar-refractivity contribution in [2.45, 2.75) is 52.6 Å². The molecule has 0 spiro atoms. The summed E-state index contributed by atoms with van der Waals surface area (Å²) in [6.45, 7) is 8.79. The van der Waals surface area contributed by atoms with Gasteiger partial charge >= 0.3 is 0 Å². The molecule has 0 aliphatic heterocycles. The van der Waals surface area contributed by atoms with Crippen LogP contribution >= 0.6 is 11.3 Å². The van der Waals surface area contributed by atoms with Crippen LogP contribution in [0.15, 0.2) is 0 Å². The van der Waals surface area contributed by atoms with E-state index in [1.807, 2.05) is 7.05 Å². The second kappa shape index (κ2) is 7.61. The highest BCUT2D eigenvalue weighted by molar-refractivity contribution is 7.15. The van der Waals surface area contributed by atoms with E-state index < -0.39 is 0 Å². The molecule has 0 saturated carbocycles. The number of hydrogen-bond donors (Lipinski definition) is 1. The van der Waals surface area contributed by atoms with E-state index in [0.717, 1.165) is 23.2 Å². The fourth-order valence-electron chi connectivity index (χ4n) is 1.68. The summed E-state index contributed by atoms with van der Waals surface area (Å²) in [5.41, 5.74) is 0. The van der Waals surface area contributed by atoms with Gasteiger partial charge in [-0.15, -0.1) is 10.2 Å². The Hall–Kier alpha value is -0.680. The van der Waals surface area contributed by atoms with Gasteiger partial charge in [0.2, 0.25) is 5.13 Å². The van der Waals surface area contributed by atoms with Crippen LogP contribution in [0.4, 0.5) is 5.13 Å². The van der Waals surface area contributed by atoms with Crippen LogP contribution in [0, 0.1) is 0 Å². The standard InChI is InChI=1S/C12H24N4S/c1-5-6-7-8-16(10(2)3)9-11-14-15-12(13-4)17-11/h10H,5-9H2,1-4H3,(H,13,15). The van der Waals surface area contributed by atoms with Gasteiger partial charge in [0.25, 0.3) is 0 Å². The minimum atomic E-state index is 0.564. The molecule has 0 radical (unpaired) electrons. The lowest BCUT2D eigenvalue weighted by Gasteiger charge is -2.25. The minimum absolute atomic E-state index is 0.564. The first kappa shape index (κ1) is 14.4. The molecule has 17 heavy (non-hydrogen) atoms. The first-order valence-electron chi connectivity index (χ1n) is 6.41. The van der Waals surface area contributed by atoms with Crippen molar-refractivity contribution in [3.63, 3.8) is 0 Å². The van der Waals surface area contributed by atoms with Crippen molar-refractivity contribution in [2.24, 2.45) is 0 Å². The average Bonchev–Trinajstić information content (AvgIpc) is 2.75. The first-order valence-corrected chi connectivity index (χ1v) is 7.23. The maximum atomic E-state index is 4.20. The van der Waals surface area contributed by atoms with Crippen LogP contribution in [0.3, 0.4) is 0 Å². The third-order valence-electron chi connectivity index (χ3n) is 2.80. The van der Waals surface area contributed by atoms with Crippen molar-refractivity contribution < 1.29 is 0 Å². The van der Waals surface area contributed by atoms with Crippen LogP contribution in [-0.4, -0.2) is 34.7 Å². The largest absolute Gasteiger partial charge is 0.363 e. The number of nitrogens with one attached hydrogen (secondary N) is 1. The van der Waals surface area contributed by atoms with Crippen molar-refractivity contribution in [2.75, 3.05) is 18.9 Å². The highest BCUT2D eigenvalue weighted by Crippen LogP contribution is 2.17. The Morgan fingerprint density at radius 1 is 1.29 bits per heavy atom. The molecule has 98 valence electrons. The van der Waals surface area contributed by atoms with E-state index in [4.69, 9.17) is 0 Å². The molecular formula is C12H24N4S. The normalized spacial score (nSPS) is 11.4. The smallest absolute Gasteiger partial charge is 0.205 e. The van der Waals surface area contributed by atoms with Gasteiger partial charge in [-0.05, 0) is 26.8 Å². The van der Waals surface area contributed by atoms with Crippen LogP contribution < -0.4 is 5.32 Å². The zero-order chi connectivity index (χ0) is 12.7. The number of anilines is 1. The summed E-state index contributed by atoms with van der Waals surface area (Å²) in [7, 11) is 1.88. The fraction of sp³-hybridized carbons (Fsp3) is 0.833. The summed E-state index contributed by atoms with van der Waals surface area (Å²) in [4.78, 5) is 2.47. The Balaban J connectivity index is 2.47. The van der Waals surface area contributed by atoms with E-state index in [1.165, 1.54) is 19.3 Å². The molecule has 0 aliphatic carbocycles. The molecule has 1 rings (SSSR count). The second-order valence-corrected chi connectivity index (χ2v) is 5.58. The molecule has 0 aromatic carbocycles. The summed E-state index contributed by atoms with van der Waals surface area (Å²) in [6, 6.07) is 0.564. The summed E-state index contributed by atoms with van der Waals surface area (Å²) >= 11 is 1.64. The van der Waals surface area contributed by atoms with Crippen molar-refractivity contribution in [3.8, 4) is 0 Å². The van der Waals surface area contributed by atoms with Crippen molar-refractivity contribution in [3.05, 3.63) is 5.01 Å². The maximum Gasteiger partial charge on any atom is 0.205 e. The molecule has 0 bridgehead atoms. The number of aromatic nitrogens is 2. The van der Waals surface area contributed by atoms with Crippen LogP contribution in [0.2, 0.25) is 0 Å². The second-order valence-electron chi connectivity index (χ2n) is 4.52. The van der Waals surface area contributed by atoms with E-state index in [9.17, 15) is 0 Å². The van der Waals surface area contributed by atoms with Crippen molar-refractivity contribution >= 4 is 16.5 Å². The molecule has 1 aromatic heterocycles. The lowest BCUT2D eigenvalue weighted by atomic mass is 10.2. The van der Waals surface area contributed by atoms with Gasteiger partial charge in [0.15, 0.2) is 0 Å². The zero-order valence-corrected chi connectivity index (χ0v) is 12.2. The fourth-order valence-corrected chi connectivity index (χ4v) is 2.40. The van der Waals surface area contributed by atoms with Crippen LogP contribution in [-0.2, 0) is 6.54 Å². The van der Waals surface area contributed by atoms with Gasteiger partial charge in [-0.1, -0.05) is 31.1 Å². The quantitative estimate of drug-likeness (QED) is 0.726.